The number of rotatable bonds is 6. The van der Waals surface area contributed by atoms with Gasteiger partial charge >= 0.3 is 0 Å². The minimum atomic E-state index is 0.0183. The largest absolute Gasteiger partial charge is 0.454 e. The molecule has 25 heavy (non-hydrogen) atoms. The maximum atomic E-state index is 12.5. The van der Waals surface area contributed by atoms with E-state index in [1.807, 2.05) is 54.2 Å². The van der Waals surface area contributed by atoms with Gasteiger partial charge in [-0.2, -0.15) is 0 Å². The fraction of sp³-hybridized carbons (Fsp3) is 0.211. The highest BCUT2D eigenvalue weighted by Gasteiger charge is 2.18. The maximum absolute atomic E-state index is 12.5. The number of fused-ring (bicyclic) bond motifs is 1. The van der Waals surface area contributed by atoms with Crippen LogP contribution in [0.3, 0.4) is 0 Å². The summed E-state index contributed by atoms with van der Waals surface area (Å²) in [6.45, 7) is 0.725. The molecule has 0 aliphatic carbocycles. The van der Waals surface area contributed by atoms with Gasteiger partial charge in [-0.1, -0.05) is 12.1 Å². The summed E-state index contributed by atoms with van der Waals surface area (Å²) < 4.78 is 12.8. The standard InChI is InChI=1S/C19H18N2O3S/c22-19(20-12-14-5-6-16-17(10-14)24-13-23-16)11-15(18-4-3-9-25-18)21-7-1-2-8-21/h1-10,15H,11-13H2,(H,20,22). The maximum Gasteiger partial charge on any atom is 0.231 e. The Morgan fingerprint density at radius 1 is 1.16 bits per heavy atom. The molecule has 3 aromatic rings. The van der Waals surface area contributed by atoms with E-state index >= 15 is 0 Å². The van der Waals surface area contributed by atoms with Crippen LogP contribution in [0.25, 0.3) is 0 Å². The van der Waals surface area contributed by atoms with E-state index in [1.165, 1.54) is 4.88 Å². The first-order valence-electron chi connectivity index (χ1n) is 8.11. The lowest BCUT2D eigenvalue weighted by atomic mass is 10.1. The van der Waals surface area contributed by atoms with Gasteiger partial charge in [-0.15, -0.1) is 11.3 Å². The number of nitrogens with one attached hydrogen (secondary N) is 1. The number of carbonyl (C=O) groups is 1. The van der Waals surface area contributed by atoms with Crippen LogP contribution in [0.2, 0.25) is 0 Å². The van der Waals surface area contributed by atoms with Crippen molar-refractivity contribution in [2.45, 2.75) is 19.0 Å². The summed E-state index contributed by atoms with van der Waals surface area (Å²) in [5.41, 5.74) is 0.992. The highest BCUT2D eigenvalue weighted by Crippen LogP contribution is 2.32. The monoisotopic (exact) mass is 354 g/mol. The fourth-order valence-corrected chi connectivity index (χ4v) is 3.72. The number of benzene rings is 1. The van der Waals surface area contributed by atoms with E-state index in [1.54, 1.807) is 11.3 Å². The van der Waals surface area contributed by atoms with Crippen LogP contribution in [0.1, 0.15) is 22.9 Å². The van der Waals surface area contributed by atoms with Crippen LogP contribution < -0.4 is 14.8 Å². The topological polar surface area (TPSA) is 52.5 Å². The summed E-state index contributed by atoms with van der Waals surface area (Å²) in [5, 5.41) is 5.04. The van der Waals surface area contributed by atoms with E-state index in [-0.39, 0.29) is 18.7 Å². The SMILES string of the molecule is O=C(CC(c1cccs1)n1cccc1)NCc1ccc2c(c1)OCO2. The van der Waals surface area contributed by atoms with E-state index in [2.05, 4.69) is 16.0 Å². The molecule has 3 heterocycles. The van der Waals surface area contributed by atoms with Crippen LogP contribution in [0.5, 0.6) is 11.5 Å². The van der Waals surface area contributed by atoms with Crippen molar-refractivity contribution in [3.8, 4) is 11.5 Å². The minimum Gasteiger partial charge on any atom is -0.454 e. The minimum absolute atomic E-state index is 0.0183. The molecule has 1 atom stereocenters. The lowest BCUT2D eigenvalue weighted by Crippen LogP contribution is -2.26. The van der Waals surface area contributed by atoms with Gasteiger partial charge in [-0.3, -0.25) is 4.79 Å². The molecule has 0 spiro atoms. The molecular weight excluding hydrogens is 336 g/mol. The third-order valence-corrected chi connectivity index (χ3v) is 5.14. The molecule has 4 rings (SSSR count). The lowest BCUT2D eigenvalue weighted by molar-refractivity contribution is -0.121. The first-order chi connectivity index (χ1) is 12.3. The van der Waals surface area contributed by atoms with Gasteiger partial charge in [0.05, 0.1) is 12.5 Å². The van der Waals surface area contributed by atoms with Crippen molar-refractivity contribution in [3.63, 3.8) is 0 Å². The molecule has 2 aromatic heterocycles. The predicted molar refractivity (Wildman–Crippen MR) is 95.9 cm³/mol. The van der Waals surface area contributed by atoms with Gasteiger partial charge in [0, 0.05) is 23.8 Å². The number of thiophene rings is 1. The third kappa shape index (κ3) is 3.53. The summed E-state index contributed by atoms with van der Waals surface area (Å²) in [6.07, 6.45) is 4.39. The van der Waals surface area contributed by atoms with Gasteiger partial charge < -0.3 is 19.4 Å². The van der Waals surface area contributed by atoms with Gasteiger partial charge in [-0.05, 0) is 41.3 Å². The van der Waals surface area contributed by atoms with Crippen molar-refractivity contribution in [2.24, 2.45) is 0 Å². The normalized spacial score (nSPS) is 13.6. The molecule has 1 aliphatic rings. The Morgan fingerprint density at radius 2 is 2.00 bits per heavy atom. The van der Waals surface area contributed by atoms with Crippen molar-refractivity contribution in [2.75, 3.05) is 6.79 Å². The first kappa shape index (κ1) is 15.8. The van der Waals surface area contributed by atoms with Crippen LogP contribution >= 0.6 is 11.3 Å². The highest BCUT2D eigenvalue weighted by molar-refractivity contribution is 7.10. The summed E-state index contributed by atoms with van der Waals surface area (Å²) in [5.74, 6) is 1.50. The van der Waals surface area contributed by atoms with Gasteiger partial charge in [0.2, 0.25) is 12.7 Å². The first-order valence-corrected chi connectivity index (χ1v) is 8.98. The third-order valence-electron chi connectivity index (χ3n) is 4.16. The molecule has 0 bridgehead atoms. The van der Waals surface area contributed by atoms with Crippen molar-refractivity contribution in [1.29, 1.82) is 0 Å². The average Bonchev–Trinajstić information content (AvgIpc) is 3.39. The Hall–Kier alpha value is -2.73. The molecule has 1 unspecified atom stereocenters. The molecule has 6 heteroatoms. The average molecular weight is 354 g/mol. The molecule has 0 saturated heterocycles. The molecule has 1 N–H and O–H groups in total. The summed E-state index contributed by atoms with van der Waals surface area (Å²) in [7, 11) is 0. The summed E-state index contributed by atoms with van der Waals surface area (Å²) in [6, 6.07) is 13.8. The molecule has 1 aliphatic heterocycles. The van der Waals surface area contributed by atoms with Gasteiger partial charge in [0.15, 0.2) is 11.5 Å². The van der Waals surface area contributed by atoms with Gasteiger partial charge in [0.1, 0.15) is 0 Å². The molecule has 0 radical (unpaired) electrons. The van der Waals surface area contributed by atoms with Crippen molar-refractivity contribution < 1.29 is 14.3 Å². The fourth-order valence-electron chi connectivity index (χ4n) is 2.89. The van der Waals surface area contributed by atoms with Gasteiger partial charge in [0.25, 0.3) is 0 Å². The van der Waals surface area contributed by atoms with Crippen molar-refractivity contribution in [3.05, 3.63) is 70.7 Å². The van der Waals surface area contributed by atoms with E-state index in [0.29, 0.717) is 13.0 Å². The highest BCUT2D eigenvalue weighted by atomic mass is 32.1. The summed E-state index contributed by atoms with van der Waals surface area (Å²) in [4.78, 5) is 13.7. The van der Waals surface area contributed by atoms with Crippen LogP contribution in [-0.4, -0.2) is 17.3 Å². The molecule has 1 aromatic carbocycles. The van der Waals surface area contributed by atoms with Crippen molar-refractivity contribution >= 4 is 17.2 Å². The second-order valence-corrected chi connectivity index (χ2v) is 6.81. The molecule has 128 valence electrons. The molecule has 5 nitrogen and oxygen atoms in total. The zero-order valence-corrected chi connectivity index (χ0v) is 14.4. The molecule has 1 amide bonds. The number of amides is 1. The molecular formula is C19H18N2O3S. The van der Waals surface area contributed by atoms with Crippen LogP contribution in [-0.2, 0) is 11.3 Å². The zero-order chi connectivity index (χ0) is 17.1. The summed E-state index contributed by atoms with van der Waals surface area (Å²) >= 11 is 1.67. The van der Waals surface area contributed by atoms with Crippen LogP contribution in [0.15, 0.2) is 60.2 Å². The van der Waals surface area contributed by atoms with E-state index < -0.39 is 0 Å². The Balaban J connectivity index is 1.40. The van der Waals surface area contributed by atoms with Crippen LogP contribution in [0, 0.1) is 0 Å². The number of carbonyl (C=O) groups excluding carboxylic acids is 1. The Bertz CT molecular complexity index is 809. The Labute approximate surface area is 149 Å². The predicted octanol–water partition coefficient (Wildman–Crippen LogP) is 3.57. The number of hydrogen-bond acceptors (Lipinski definition) is 4. The van der Waals surface area contributed by atoms with E-state index in [0.717, 1.165) is 17.1 Å². The van der Waals surface area contributed by atoms with Crippen LogP contribution in [0.4, 0.5) is 0 Å². The van der Waals surface area contributed by atoms with Gasteiger partial charge in [-0.25, -0.2) is 0 Å². The Morgan fingerprint density at radius 3 is 2.80 bits per heavy atom. The Kier molecular flexibility index (Phi) is 4.43. The van der Waals surface area contributed by atoms with E-state index in [4.69, 9.17) is 9.47 Å². The number of hydrogen-bond donors (Lipinski definition) is 1. The zero-order valence-electron chi connectivity index (χ0n) is 13.6. The second kappa shape index (κ2) is 7.03. The molecule has 0 fully saturated rings. The lowest BCUT2D eigenvalue weighted by Gasteiger charge is -2.17. The molecule has 0 saturated carbocycles. The number of nitrogens with zero attached hydrogens (tertiary/aromatic N) is 1. The quantitative estimate of drug-likeness (QED) is 0.736. The van der Waals surface area contributed by atoms with E-state index in [9.17, 15) is 4.79 Å². The number of ether oxygens (including phenoxy) is 2. The number of aromatic nitrogens is 1. The second-order valence-electron chi connectivity index (χ2n) is 5.83. The van der Waals surface area contributed by atoms with Crippen molar-refractivity contribution in [1.82, 2.24) is 9.88 Å². The smallest absolute Gasteiger partial charge is 0.231 e.